The summed E-state index contributed by atoms with van der Waals surface area (Å²) in [5, 5.41) is 0.643. The molecule has 1 saturated heterocycles. The van der Waals surface area contributed by atoms with Gasteiger partial charge in [-0.25, -0.2) is 0 Å². The van der Waals surface area contributed by atoms with Crippen LogP contribution >= 0.6 is 11.6 Å². The van der Waals surface area contributed by atoms with Crippen molar-refractivity contribution in [1.29, 1.82) is 0 Å². The molecular formula is C16H26ClNO. The molecule has 1 fully saturated rings. The van der Waals surface area contributed by atoms with Gasteiger partial charge < -0.3 is 4.90 Å². The molecule has 3 heteroatoms. The van der Waals surface area contributed by atoms with Gasteiger partial charge in [-0.15, -0.1) is 0 Å². The molecule has 108 valence electrons. The first-order valence-electron chi connectivity index (χ1n) is 7.03. The van der Waals surface area contributed by atoms with Crippen LogP contribution in [-0.4, -0.2) is 31.3 Å². The second kappa shape index (κ2) is 11.0. The fourth-order valence-corrected chi connectivity index (χ4v) is 1.92. The first-order chi connectivity index (χ1) is 9.13. The molecule has 19 heavy (non-hydrogen) atoms. The monoisotopic (exact) mass is 283 g/mol. The average Bonchev–Trinajstić information content (AvgIpc) is 2.46. The number of hydrogen-bond acceptors (Lipinski definition) is 2. The average molecular weight is 284 g/mol. The summed E-state index contributed by atoms with van der Waals surface area (Å²) >= 11 is 5.73. The highest BCUT2D eigenvalue weighted by Crippen LogP contribution is 2.15. The smallest absolute Gasteiger partial charge is 0.150 e. The normalized spacial score (nSPS) is 14.6. The van der Waals surface area contributed by atoms with E-state index in [4.69, 9.17) is 11.6 Å². The molecule has 0 bridgehead atoms. The van der Waals surface area contributed by atoms with Crippen molar-refractivity contribution in [3.05, 3.63) is 34.3 Å². The molecule has 0 amide bonds. The molecule has 2 nitrogen and oxygen atoms in total. The number of halogens is 1. The summed E-state index contributed by atoms with van der Waals surface area (Å²) in [6, 6.07) is 5.23. The second-order valence-electron chi connectivity index (χ2n) is 4.49. The molecular weight excluding hydrogens is 258 g/mol. The molecule has 2 rings (SSSR count). The van der Waals surface area contributed by atoms with Gasteiger partial charge in [0.25, 0.3) is 0 Å². The maximum atomic E-state index is 10.2. The second-order valence-corrected chi connectivity index (χ2v) is 4.90. The van der Waals surface area contributed by atoms with E-state index in [1.54, 1.807) is 12.1 Å². The van der Waals surface area contributed by atoms with Gasteiger partial charge in [0.05, 0.1) is 0 Å². The van der Waals surface area contributed by atoms with Crippen molar-refractivity contribution in [2.24, 2.45) is 0 Å². The van der Waals surface area contributed by atoms with Crippen LogP contribution in [0.15, 0.2) is 18.2 Å². The third-order valence-electron chi connectivity index (χ3n) is 2.91. The Bertz CT molecular complexity index is 360. The van der Waals surface area contributed by atoms with Crippen LogP contribution in [0, 0.1) is 6.92 Å². The van der Waals surface area contributed by atoms with Gasteiger partial charge in [0, 0.05) is 10.6 Å². The van der Waals surface area contributed by atoms with Gasteiger partial charge in [0.15, 0.2) is 0 Å². The van der Waals surface area contributed by atoms with Gasteiger partial charge in [-0.05, 0) is 51.5 Å². The molecule has 0 radical (unpaired) electrons. The molecule has 0 saturated carbocycles. The molecule has 1 aliphatic rings. The lowest BCUT2D eigenvalue weighted by Gasteiger charge is -2.20. The molecule has 0 unspecified atom stereocenters. The molecule has 0 aromatic heterocycles. The number of aldehydes is 1. The lowest BCUT2D eigenvalue weighted by molar-refractivity contribution is 0.112. The summed E-state index contributed by atoms with van der Waals surface area (Å²) in [7, 11) is 2.19. The summed E-state index contributed by atoms with van der Waals surface area (Å²) in [5.74, 6) is 0. The van der Waals surface area contributed by atoms with Crippen LogP contribution in [0.5, 0.6) is 0 Å². The van der Waals surface area contributed by atoms with E-state index >= 15 is 0 Å². The predicted molar refractivity (Wildman–Crippen MR) is 84.3 cm³/mol. The minimum absolute atomic E-state index is 0.621. The number of rotatable bonds is 1. The van der Waals surface area contributed by atoms with E-state index in [-0.39, 0.29) is 0 Å². The van der Waals surface area contributed by atoms with Crippen LogP contribution in [-0.2, 0) is 0 Å². The number of likely N-dealkylation sites (tertiary alicyclic amines) is 1. The Hall–Kier alpha value is -0.860. The van der Waals surface area contributed by atoms with Gasteiger partial charge in [0.1, 0.15) is 6.29 Å². The minimum Gasteiger partial charge on any atom is -0.306 e. The van der Waals surface area contributed by atoms with E-state index in [0.29, 0.717) is 10.6 Å². The summed E-state index contributed by atoms with van der Waals surface area (Å²) in [6.45, 7) is 8.54. The van der Waals surface area contributed by atoms with E-state index in [9.17, 15) is 4.79 Å². The first-order valence-corrected chi connectivity index (χ1v) is 7.41. The summed E-state index contributed by atoms with van der Waals surface area (Å²) in [6.07, 6.45) is 5.06. The lowest BCUT2D eigenvalue weighted by Crippen LogP contribution is -2.24. The zero-order valence-electron chi connectivity index (χ0n) is 12.6. The van der Waals surface area contributed by atoms with E-state index < -0.39 is 0 Å². The van der Waals surface area contributed by atoms with E-state index in [2.05, 4.69) is 11.9 Å². The third kappa shape index (κ3) is 8.02. The Morgan fingerprint density at radius 3 is 2.11 bits per heavy atom. The molecule has 1 aromatic carbocycles. The van der Waals surface area contributed by atoms with Gasteiger partial charge in [-0.2, -0.15) is 0 Å². The highest BCUT2D eigenvalue weighted by molar-refractivity contribution is 6.31. The summed E-state index contributed by atoms with van der Waals surface area (Å²) < 4.78 is 0. The number of carbonyl (C=O) groups is 1. The molecule has 0 spiro atoms. The van der Waals surface area contributed by atoms with Crippen LogP contribution in [0.25, 0.3) is 0 Å². The molecule has 1 aromatic rings. The Morgan fingerprint density at radius 2 is 1.74 bits per heavy atom. The van der Waals surface area contributed by atoms with Crippen molar-refractivity contribution >= 4 is 17.9 Å². The Balaban J connectivity index is 0.000000316. The standard InChI is InChI=1S/C8H7ClO.C6H13N.C2H6/c1-6-2-3-7(5-10)4-8(6)9;1-7-5-3-2-4-6-7;1-2/h2-5H,1H3;2-6H2,1H3;1-2H3. The van der Waals surface area contributed by atoms with Crippen molar-refractivity contribution in [2.75, 3.05) is 20.1 Å². The number of aryl methyl sites for hydroxylation is 1. The molecule has 0 atom stereocenters. The molecule has 0 N–H and O–H groups in total. The van der Waals surface area contributed by atoms with Gasteiger partial charge in [-0.1, -0.05) is 44.0 Å². The zero-order chi connectivity index (χ0) is 14.7. The fraction of sp³-hybridized carbons (Fsp3) is 0.562. The number of hydrogen-bond donors (Lipinski definition) is 0. The predicted octanol–water partition coefficient (Wildman–Crippen LogP) is 4.59. The van der Waals surface area contributed by atoms with Crippen LogP contribution in [0.2, 0.25) is 5.02 Å². The lowest BCUT2D eigenvalue weighted by atomic mass is 10.1. The molecule has 1 heterocycles. The van der Waals surface area contributed by atoms with Crippen molar-refractivity contribution in [1.82, 2.24) is 4.90 Å². The number of piperidine rings is 1. The Kier molecular flexibility index (Phi) is 10.5. The fourth-order valence-electron chi connectivity index (χ4n) is 1.73. The van der Waals surface area contributed by atoms with E-state index in [1.165, 1.54) is 32.4 Å². The van der Waals surface area contributed by atoms with Crippen molar-refractivity contribution in [2.45, 2.75) is 40.0 Å². The van der Waals surface area contributed by atoms with E-state index in [1.807, 2.05) is 26.8 Å². The highest BCUT2D eigenvalue weighted by atomic mass is 35.5. The number of nitrogens with zero attached hydrogens (tertiary/aromatic N) is 1. The van der Waals surface area contributed by atoms with Crippen molar-refractivity contribution < 1.29 is 4.79 Å². The SMILES string of the molecule is CC.CN1CCCCC1.Cc1ccc(C=O)cc1Cl. The van der Waals surface area contributed by atoms with Gasteiger partial charge in [0.2, 0.25) is 0 Å². The number of benzene rings is 1. The largest absolute Gasteiger partial charge is 0.306 e. The maximum Gasteiger partial charge on any atom is 0.150 e. The highest BCUT2D eigenvalue weighted by Gasteiger charge is 2.02. The van der Waals surface area contributed by atoms with Gasteiger partial charge >= 0.3 is 0 Å². The van der Waals surface area contributed by atoms with Crippen LogP contribution in [0.4, 0.5) is 0 Å². The summed E-state index contributed by atoms with van der Waals surface area (Å²) in [5.41, 5.74) is 1.61. The van der Waals surface area contributed by atoms with Crippen LogP contribution in [0.1, 0.15) is 49.0 Å². The minimum atomic E-state index is 0.621. The van der Waals surface area contributed by atoms with Gasteiger partial charge in [-0.3, -0.25) is 4.79 Å². The maximum absolute atomic E-state index is 10.2. The van der Waals surface area contributed by atoms with Crippen molar-refractivity contribution in [3.8, 4) is 0 Å². The van der Waals surface area contributed by atoms with Crippen LogP contribution in [0.3, 0.4) is 0 Å². The number of carbonyl (C=O) groups excluding carboxylic acids is 1. The zero-order valence-corrected chi connectivity index (χ0v) is 13.3. The topological polar surface area (TPSA) is 20.3 Å². The van der Waals surface area contributed by atoms with E-state index in [0.717, 1.165) is 11.8 Å². The molecule has 0 aliphatic carbocycles. The quantitative estimate of drug-likeness (QED) is 0.703. The Labute approximate surface area is 122 Å². The summed E-state index contributed by atoms with van der Waals surface area (Å²) in [4.78, 5) is 12.6. The molecule has 1 aliphatic heterocycles. The third-order valence-corrected chi connectivity index (χ3v) is 3.32. The van der Waals surface area contributed by atoms with Crippen LogP contribution < -0.4 is 0 Å². The first kappa shape index (κ1) is 18.1. The Morgan fingerprint density at radius 1 is 1.16 bits per heavy atom. The van der Waals surface area contributed by atoms with Crippen molar-refractivity contribution in [3.63, 3.8) is 0 Å².